The summed E-state index contributed by atoms with van der Waals surface area (Å²) in [5.74, 6) is 1.10. The number of nitrogens with zero attached hydrogens (tertiary/aromatic N) is 2. The van der Waals surface area contributed by atoms with Crippen molar-refractivity contribution in [2.75, 3.05) is 5.73 Å². The zero-order valence-corrected chi connectivity index (χ0v) is 12.9. The minimum Gasteiger partial charge on any atom is -0.399 e. The molecule has 3 nitrogen and oxygen atoms in total. The van der Waals surface area contributed by atoms with Crippen molar-refractivity contribution in [3.8, 4) is 0 Å². The number of nitrogen functional groups attached to an aromatic ring is 1. The van der Waals surface area contributed by atoms with Gasteiger partial charge in [-0.25, -0.2) is 4.98 Å². The van der Waals surface area contributed by atoms with Gasteiger partial charge in [-0.05, 0) is 42.3 Å². The Balaban J connectivity index is 1.86. The molecule has 0 aliphatic heterocycles. The van der Waals surface area contributed by atoms with Gasteiger partial charge < -0.3 is 10.3 Å². The molecule has 3 rings (SSSR count). The third kappa shape index (κ3) is 2.56. The number of imidazole rings is 1. The maximum absolute atomic E-state index is 5.81. The van der Waals surface area contributed by atoms with Crippen LogP contribution >= 0.6 is 15.9 Å². The number of anilines is 1. The van der Waals surface area contributed by atoms with Crippen LogP contribution in [0, 0.1) is 0 Å². The summed E-state index contributed by atoms with van der Waals surface area (Å²) in [4.78, 5) is 4.71. The standard InChI is InChI=1S/C16H16BrN3/c1-20-15-7-6-12(17)10-14(15)19-16(20)8-5-11-3-2-4-13(18)9-11/h2-4,6-7,9-10H,5,8,18H2,1H3. The molecule has 2 N–H and O–H groups in total. The lowest BCUT2D eigenvalue weighted by molar-refractivity contribution is 0.787. The van der Waals surface area contributed by atoms with Crippen LogP contribution in [-0.4, -0.2) is 9.55 Å². The average molecular weight is 330 g/mol. The second-order valence-corrected chi connectivity index (χ2v) is 5.88. The first kappa shape index (κ1) is 13.2. The maximum atomic E-state index is 5.81. The van der Waals surface area contributed by atoms with E-state index >= 15 is 0 Å². The van der Waals surface area contributed by atoms with E-state index in [4.69, 9.17) is 10.7 Å². The van der Waals surface area contributed by atoms with Crippen LogP contribution in [0.25, 0.3) is 11.0 Å². The van der Waals surface area contributed by atoms with E-state index in [1.165, 1.54) is 5.56 Å². The van der Waals surface area contributed by atoms with Crippen LogP contribution in [-0.2, 0) is 19.9 Å². The summed E-state index contributed by atoms with van der Waals surface area (Å²) < 4.78 is 3.22. The van der Waals surface area contributed by atoms with E-state index in [1.807, 2.05) is 24.3 Å². The van der Waals surface area contributed by atoms with Gasteiger partial charge >= 0.3 is 0 Å². The van der Waals surface area contributed by atoms with Crippen LogP contribution < -0.4 is 5.73 Å². The summed E-state index contributed by atoms with van der Waals surface area (Å²) in [6, 6.07) is 14.2. The highest BCUT2D eigenvalue weighted by Gasteiger charge is 2.08. The minimum atomic E-state index is 0.816. The van der Waals surface area contributed by atoms with Crippen LogP contribution in [0.3, 0.4) is 0 Å². The number of nitrogens with two attached hydrogens (primary N) is 1. The van der Waals surface area contributed by atoms with Gasteiger partial charge in [0.2, 0.25) is 0 Å². The van der Waals surface area contributed by atoms with Gasteiger partial charge in [0.05, 0.1) is 11.0 Å². The molecule has 1 heterocycles. The summed E-state index contributed by atoms with van der Waals surface area (Å²) in [7, 11) is 2.07. The largest absolute Gasteiger partial charge is 0.399 e. The third-order valence-corrected chi connectivity index (χ3v) is 4.02. The Morgan fingerprint density at radius 2 is 2.00 bits per heavy atom. The van der Waals surface area contributed by atoms with Gasteiger partial charge in [-0.15, -0.1) is 0 Å². The third-order valence-electron chi connectivity index (χ3n) is 3.52. The van der Waals surface area contributed by atoms with Gasteiger partial charge in [-0.2, -0.15) is 0 Å². The van der Waals surface area contributed by atoms with Crippen molar-refractivity contribution in [1.29, 1.82) is 0 Å². The Morgan fingerprint density at radius 1 is 1.15 bits per heavy atom. The second kappa shape index (κ2) is 5.29. The molecular weight excluding hydrogens is 314 g/mol. The molecule has 4 heteroatoms. The molecule has 1 aromatic heterocycles. The predicted octanol–water partition coefficient (Wildman–Crippen LogP) is 3.70. The topological polar surface area (TPSA) is 43.8 Å². The number of rotatable bonds is 3. The van der Waals surface area contributed by atoms with Gasteiger partial charge in [-0.1, -0.05) is 28.1 Å². The lowest BCUT2D eigenvalue weighted by Gasteiger charge is -2.04. The highest BCUT2D eigenvalue weighted by atomic mass is 79.9. The van der Waals surface area contributed by atoms with Gasteiger partial charge in [0, 0.05) is 23.6 Å². The Kier molecular flexibility index (Phi) is 3.49. The number of benzene rings is 2. The van der Waals surface area contributed by atoms with Gasteiger partial charge in [0.25, 0.3) is 0 Å². The molecule has 0 atom stereocenters. The van der Waals surface area contributed by atoms with Gasteiger partial charge in [0.1, 0.15) is 5.82 Å². The fraction of sp³-hybridized carbons (Fsp3) is 0.188. The maximum Gasteiger partial charge on any atom is 0.109 e. The molecular formula is C16H16BrN3. The molecule has 0 spiro atoms. The van der Waals surface area contributed by atoms with E-state index < -0.39 is 0 Å². The zero-order valence-electron chi connectivity index (χ0n) is 11.3. The molecule has 0 fully saturated rings. The molecule has 0 aliphatic rings. The van der Waals surface area contributed by atoms with Gasteiger partial charge in [-0.3, -0.25) is 0 Å². The van der Waals surface area contributed by atoms with Crippen molar-refractivity contribution < 1.29 is 0 Å². The van der Waals surface area contributed by atoms with Crippen LogP contribution in [0.5, 0.6) is 0 Å². The summed E-state index contributed by atoms with van der Waals surface area (Å²) >= 11 is 3.49. The number of halogens is 1. The summed E-state index contributed by atoms with van der Waals surface area (Å²) in [5.41, 5.74) is 10.1. The van der Waals surface area contributed by atoms with E-state index in [0.717, 1.165) is 39.9 Å². The van der Waals surface area contributed by atoms with Crippen LogP contribution in [0.1, 0.15) is 11.4 Å². The molecule has 0 saturated carbocycles. The molecule has 0 amide bonds. The molecule has 2 aromatic carbocycles. The molecule has 0 radical (unpaired) electrons. The number of fused-ring (bicyclic) bond motifs is 1. The van der Waals surface area contributed by atoms with Crippen LogP contribution in [0.15, 0.2) is 46.9 Å². The smallest absolute Gasteiger partial charge is 0.109 e. The van der Waals surface area contributed by atoms with Crippen LogP contribution in [0.4, 0.5) is 5.69 Å². The Morgan fingerprint density at radius 3 is 2.80 bits per heavy atom. The molecule has 20 heavy (non-hydrogen) atoms. The van der Waals surface area contributed by atoms with E-state index in [1.54, 1.807) is 0 Å². The predicted molar refractivity (Wildman–Crippen MR) is 86.7 cm³/mol. The van der Waals surface area contributed by atoms with E-state index in [9.17, 15) is 0 Å². The molecule has 0 bridgehead atoms. The molecule has 3 aromatic rings. The van der Waals surface area contributed by atoms with Crippen molar-refractivity contribution in [3.05, 3.63) is 58.3 Å². The van der Waals surface area contributed by atoms with Crippen molar-refractivity contribution in [2.24, 2.45) is 7.05 Å². The first-order chi connectivity index (χ1) is 9.63. The summed E-state index contributed by atoms with van der Waals surface area (Å²) in [6.45, 7) is 0. The fourth-order valence-electron chi connectivity index (χ4n) is 2.45. The number of hydrogen-bond acceptors (Lipinski definition) is 2. The van der Waals surface area contributed by atoms with Crippen molar-refractivity contribution in [3.63, 3.8) is 0 Å². The highest BCUT2D eigenvalue weighted by Crippen LogP contribution is 2.21. The van der Waals surface area contributed by atoms with Crippen molar-refractivity contribution >= 4 is 32.7 Å². The van der Waals surface area contributed by atoms with E-state index in [0.29, 0.717) is 0 Å². The number of aryl methyl sites for hydroxylation is 3. The molecule has 0 saturated heterocycles. The minimum absolute atomic E-state index is 0.816. The SMILES string of the molecule is Cn1c(CCc2cccc(N)c2)nc2cc(Br)ccc21. The molecule has 102 valence electrons. The van der Waals surface area contributed by atoms with Crippen molar-refractivity contribution in [1.82, 2.24) is 9.55 Å². The Labute approximate surface area is 126 Å². The average Bonchev–Trinajstić information content (AvgIpc) is 2.72. The second-order valence-electron chi connectivity index (χ2n) is 4.97. The van der Waals surface area contributed by atoms with Crippen LogP contribution in [0.2, 0.25) is 0 Å². The Bertz CT molecular complexity index is 762. The monoisotopic (exact) mass is 329 g/mol. The number of aromatic nitrogens is 2. The first-order valence-electron chi connectivity index (χ1n) is 6.59. The lowest BCUT2D eigenvalue weighted by Crippen LogP contribution is -2.00. The highest BCUT2D eigenvalue weighted by molar-refractivity contribution is 9.10. The quantitative estimate of drug-likeness (QED) is 0.744. The Hall–Kier alpha value is -1.81. The number of hydrogen-bond donors (Lipinski definition) is 1. The first-order valence-corrected chi connectivity index (χ1v) is 7.38. The molecule has 0 unspecified atom stereocenters. The lowest BCUT2D eigenvalue weighted by atomic mass is 10.1. The summed E-state index contributed by atoms with van der Waals surface area (Å²) in [5, 5.41) is 0. The van der Waals surface area contributed by atoms with Gasteiger partial charge in [0.15, 0.2) is 0 Å². The van der Waals surface area contributed by atoms with E-state index in [-0.39, 0.29) is 0 Å². The fourth-order valence-corrected chi connectivity index (χ4v) is 2.80. The summed E-state index contributed by atoms with van der Waals surface area (Å²) in [6.07, 6.45) is 1.86. The van der Waals surface area contributed by atoms with Crippen molar-refractivity contribution in [2.45, 2.75) is 12.8 Å². The molecule has 0 aliphatic carbocycles. The zero-order chi connectivity index (χ0) is 14.1. The van der Waals surface area contributed by atoms with E-state index in [2.05, 4.69) is 45.7 Å². The normalized spacial score (nSPS) is 11.1.